The highest BCUT2D eigenvalue weighted by molar-refractivity contribution is 5.71. The average molecular weight is 984 g/mol. The topological polar surface area (TPSA) is 78.9 Å². The summed E-state index contributed by atoms with van der Waals surface area (Å²) < 4.78 is 16.9. The van der Waals surface area contributed by atoms with E-state index in [9.17, 15) is 14.4 Å². The highest BCUT2D eigenvalue weighted by Crippen LogP contribution is 2.17. The van der Waals surface area contributed by atoms with Crippen LogP contribution >= 0.6 is 0 Å². The highest BCUT2D eigenvalue weighted by Gasteiger charge is 2.19. The van der Waals surface area contributed by atoms with Crippen molar-refractivity contribution in [3.63, 3.8) is 0 Å². The average Bonchev–Trinajstić information content (AvgIpc) is 3.36. The lowest BCUT2D eigenvalue weighted by Gasteiger charge is -2.18. The van der Waals surface area contributed by atoms with Crippen molar-refractivity contribution in [2.75, 3.05) is 13.2 Å². The van der Waals surface area contributed by atoms with Crippen LogP contribution in [0.3, 0.4) is 0 Å². The van der Waals surface area contributed by atoms with Crippen LogP contribution < -0.4 is 0 Å². The molecular formula is C64H118O6. The van der Waals surface area contributed by atoms with E-state index in [0.29, 0.717) is 19.3 Å². The zero-order valence-electron chi connectivity index (χ0n) is 47.1. The van der Waals surface area contributed by atoms with Gasteiger partial charge in [0.25, 0.3) is 0 Å². The second-order valence-electron chi connectivity index (χ2n) is 21.0. The minimum Gasteiger partial charge on any atom is -0.462 e. The van der Waals surface area contributed by atoms with E-state index in [1.54, 1.807) is 0 Å². The first-order valence-electron chi connectivity index (χ1n) is 31.0. The van der Waals surface area contributed by atoms with E-state index in [-0.39, 0.29) is 31.1 Å². The molecule has 410 valence electrons. The first kappa shape index (κ1) is 67.6. The van der Waals surface area contributed by atoms with Crippen LogP contribution in [0, 0.1) is 0 Å². The monoisotopic (exact) mass is 983 g/mol. The Kier molecular flexibility index (Phi) is 57.2. The number of esters is 3. The molecule has 0 N–H and O–H groups in total. The van der Waals surface area contributed by atoms with Crippen molar-refractivity contribution in [1.82, 2.24) is 0 Å². The summed E-state index contributed by atoms with van der Waals surface area (Å²) in [6, 6.07) is 0. The Morgan fingerprint density at radius 1 is 0.286 bits per heavy atom. The summed E-state index contributed by atoms with van der Waals surface area (Å²) in [5.74, 6) is -0.855. The van der Waals surface area contributed by atoms with Crippen molar-refractivity contribution in [3.05, 3.63) is 36.5 Å². The summed E-state index contributed by atoms with van der Waals surface area (Å²) >= 11 is 0. The summed E-state index contributed by atoms with van der Waals surface area (Å²) in [6.45, 7) is 6.66. The maximum Gasteiger partial charge on any atom is 0.306 e. The quantitative estimate of drug-likeness (QED) is 0.0261. The Balaban J connectivity index is 4.33. The Bertz CT molecular complexity index is 1170. The van der Waals surface area contributed by atoms with E-state index >= 15 is 0 Å². The van der Waals surface area contributed by atoms with Gasteiger partial charge < -0.3 is 14.2 Å². The second-order valence-corrected chi connectivity index (χ2v) is 21.0. The zero-order valence-corrected chi connectivity index (χ0v) is 47.1. The van der Waals surface area contributed by atoms with E-state index in [4.69, 9.17) is 14.2 Å². The first-order valence-corrected chi connectivity index (χ1v) is 31.0. The molecule has 0 saturated heterocycles. The van der Waals surface area contributed by atoms with Crippen molar-refractivity contribution < 1.29 is 28.6 Å². The summed E-state index contributed by atoms with van der Waals surface area (Å²) in [5, 5.41) is 0. The van der Waals surface area contributed by atoms with E-state index in [1.165, 1.54) is 231 Å². The molecule has 0 heterocycles. The Morgan fingerprint density at radius 2 is 0.514 bits per heavy atom. The van der Waals surface area contributed by atoms with Crippen LogP contribution in [-0.4, -0.2) is 37.2 Å². The minimum absolute atomic E-state index is 0.0700. The van der Waals surface area contributed by atoms with E-state index in [1.807, 2.05) is 0 Å². The molecule has 6 heteroatoms. The van der Waals surface area contributed by atoms with Crippen LogP contribution in [-0.2, 0) is 28.6 Å². The molecular weight excluding hydrogens is 865 g/mol. The van der Waals surface area contributed by atoms with Crippen LogP contribution in [0.15, 0.2) is 36.5 Å². The molecule has 0 saturated carbocycles. The van der Waals surface area contributed by atoms with Gasteiger partial charge >= 0.3 is 17.9 Å². The van der Waals surface area contributed by atoms with Gasteiger partial charge in [-0.25, -0.2) is 0 Å². The van der Waals surface area contributed by atoms with Crippen LogP contribution in [0.5, 0.6) is 0 Å². The molecule has 1 unspecified atom stereocenters. The number of unbranched alkanes of at least 4 members (excludes halogenated alkanes) is 40. The standard InChI is InChI=1S/C64H118O6/c1-4-7-10-13-16-19-22-25-28-30-32-34-36-39-42-45-48-51-54-57-63(66)69-60-61(59-68-62(65)56-53-50-47-44-41-38-27-24-21-18-15-12-9-6-3)70-64(67)58-55-52-49-46-43-40-37-35-33-31-29-26-23-20-17-14-11-8-5-2/h16,19,25-26,28-29,61H,4-15,17-18,20-24,27,30-60H2,1-3H3/b19-16-,28-25-,29-26-. The van der Waals surface area contributed by atoms with Gasteiger partial charge in [-0.1, -0.05) is 276 Å². The number of rotatable bonds is 57. The number of hydrogen-bond acceptors (Lipinski definition) is 6. The minimum atomic E-state index is -0.772. The Hall–Kier alpha value is -2.37. The molecule has 0 spiro atoms. The van der Waals surface area contributed by atoms with Crippen LogP contribution in [0.2, 0.25) is 0 Å². The van der Waals surface area contributed by atoms with Gasteiger partial charge in [-0.2, -0.15) is 0 Å². The molecule has 0 rings (SSSR count). The van der Waals surface area contributed by atoms with Gasteiger partial charge in [0.2, 0.25) is 0 Å². The van der Waals surface area contributed by atoms with E-state index in [0.717, 1.165) is 64.2 Å². The molecule has 0 aliphatic rings. The van der Waals surface area contributed by atoms with Gasteiger partial charge in [-0.15, -0.1) is 0 Å². The van der Waals surface area contributed by atoms with Crippen molar-refractivity contribution >= 4 is 17.9 Å². The molecule has 0 aromatic rings. The smallest absolute Gasteiger partial charge is 0.306 e. The van der Waals surface area contributed by atoms with Crippen molar-refractivity contribution in [2.45, 2.75) is 341 Å². The third kappa shape index (κ3) is 56.5. The van der Waals surface area contributed by atoms with E-state index < -0.39 is 6.10 Å². The fourth-order valence-corrected chi connectivity index (χ4v) is 9.18. The molecule has 0 aliphatic heterocycles. The molecule has 6 nitrogen and oxygen atoms in total. The van der Waals surface area contributed by atoms with Gasteiger partial charge in [-0.3, -0.25) is 14.4 Å². The molecule has 0 amide bonds. The fraction of sp³-hybridized carbons (Fsp3) is 0.859. The normalized spacial score (nSPS) is 12.2. The number of carbonyl (C=O) groups excluding carboxylic acids is 3. The van der Waals surface area contributed by atoms with Crippen molar-refractivity contribution in [3.8, 4) is 0 Å². The zero-order chi connectivity index (χ0) is 50.7. The van der Waals surface area contributed by atoms with Gasteiger partial charge in [0.15, 0.2) is 6.10 Å². The molecule has 0 bridgehead atoms. The van der Waals surface area contributed by atoms with Crippen molar-refractivity contribution in [2.24, 2.45) is 0 Å². The lowest BCUT2D eigenvalue weighted by Crippen LogP contribution is -2.30. The number of carbonyl (C=O) groups is 3. The molecule has 0 aromatic heterocycles. The largest absolute Gasteiger partial charge is 0.462 e. The number of allylic oxidation sites excluding steroid dienone is 6. The summed E-state index contributed by atoms with van der Waals surface area (Å²) in [7, 11) is 0. The lowest BCUT2D eigenvalue weighted by atomic mass is 10.0. The summed E-state index contributed by atoms with van der Waals surface area (Å²) in [6.07, 6.45) is 71.3. The third-order valence-corrected chi connectivity index (χ3v) is 13.9. The van der Waals surface area contributed by atoms with Crippen LogP contribution in [0.25, 0.3) is 0 Å². The molecule has 1 atom stereocenters. The van der Waals surface area contributed by atoms with Crippen LogP contribution in [0.1, 0.15) is 335 Å². The molecule has 0 radical (unpaired) electrons. The van der Waals surface area contributed by atoms with Crippen LogP contribution in [0.4, 0.5) is 0 Å². The van der Waals surface area contributed by atoms with Gasteiger partial charge in [0.1, 0.15) is 13.2 Å². The van der Waals surface area contributed by atoms with E-state index in [2.05, 4.69) is 57.2 Å². The highest BCUT2D eigenvalue weighted by atomic mass is 16.6. The van der Waals surface area contributed by atoms with Crippen molar-refractivity contribution in [1.29, 1.82) is 0 Å². The molecule has 0 fully saturated rings. The molecule has 0 aromatic carbocycles. The first-order chi connectivity index (χ1) is 34.5. The fourth-order valence-electron chi connectivity index (χ4n) is 9.18. The lowest BCUT2D eigenvalue weighted by molar-refractivity contribution is -0.167. The maximum atomic E-state index is 12.9. The molecule has 0 aliphatic carbocycles. The molecule has 70 heavy (non-hydrogen) atoms. The van der Waals surface area contributed by atoms with Gasteiger partial charge in [-0.05, 0) is 77.0 Å². The SMILES string of the molecule is CCCCC/C=C\C/C=C\CCCCCCCCCCCC(=O)OCC(COC(=O)CCCCCCCCCCCCCCCC)OC(=O)CCCCCCCCCCC/C=C\CCCCCCCC. The second kappa shape index (κ2) is 59.2. The predicted octanol–water partition coefficient (Wildman–Crippen LogP) is 20.8. The summed E-state index contributed by atoms with van der Waals surface area (Å²) in [5.41, 5.74) is 0. The number of ether oxygens (including phenoxy) is 3. The third-order valence-electron chi connectivity index (χ3n) is 13.9. The Morgan fingerprint density at radius 3 is 0.829 bits per heavy atom. The van der Waals surface area contributed by atoms with Gasteiger partial charge in [0, 0.05) is 19.3 Å². The predicted molar refractivity (Wildman–Crippen MR) is 302 cm³/mol. The maximum absolute atomic E-state index is 12.9. The number of hydrogen-bond donors (Lipinski definition) is 0. The Labute approximate surface area is 435 Å². The summed E-state index contributed by atoms with van der Waals surface area (Å²) in [4.78, 5) is 38.3. The van der Waals surface area contributed by atoms with Gasteiger partial charge in [0.05, 0.1) is 0 Å².